The lowest BCUT2D eigenvalue weighted by Gasteiger charge is -2.25. The van der Waals surface area contributed by atoms with Gasteiger partial charge in [0.2, 0.25) is 10.0 Å². The van der Waals surface area contributed by atoms with Gasteiger partial charge in [-0.05, 0) is 53.9 Å². The van der Waals surface area contributed by atoms with E-state index in [4.69, 9.17) is 0 Å². The molecule has 0 atom stereocenters. The Balaban J connectivity index is 2.43. The number of rotatable bonds is 2. The molecule has 0 saturated carbocycles. The van der Waals surface area contributed by atoms with Gasteiger partial charge < -0.3 is 0 Å². The van der Waals surface area contributed by atoms with E-state index < -0.39 is 10.0 Å². The number of hydrogen-bond donors (Lipinski definition) is 0. The zero-order valence-corrected chi connectivity index (χ0v) is 14.8. The van der Waals surface area contributed by atoms with E-state index >= 15 is 0 Å². The van der Waals surface area contributed by atoms with Crippen LogP contribution in [0.3, 0.4) is 0 Å². The van der Waals surface area contributed by atoms with Crippen LogP contribution >= 0.6 is 31.9 Å². The number of nitrogens with zero attached hydrogens (tertiary/aromatic N) is 1. The minimum atomic E-state index is -3.44. The van der Waals surface area contributed by atoms with E-state index in [1.165, 1.54) is 9.88 Å². The minimum absolute atomic E-state index is 0.318. The van der Waals surface area contributed by atoms with Crippen molar-refractivity contribution in [3.63, 3.8) is 0 Å². The van der Waals surface area contributed by atoms with E-state index in [1.807, 2.05) is 26.0 Å². The van der Waals surface area contributed by atoms with Crippen molar-refractivity contribution < 1.29 is 8.42 Å². The summed E-state index contributed by atoms with van der Waals surface area (Å²) in [4.78, 5) is 0.318. The molecule has 3 nitrogen and oxygen atoms in total. The topological polar surface area (TPSA) is 37.4 Å². The van der Waals surface area contributed by atoms with Gasteiger partial charge in [0, 0.05) is 22.0 Å². The Labute approximate surface area is 131 Å². The summed E-state index contributed by atoms with van der Waals surface area (Å²) in [5.41, 5.74) is 2.25. The highest BCUT2D eigenvalue weighted by Gasteiger charge is 2.27. The predicted octanol–water partition coefficient (Wildman–Crippen LogP) is 3.86. The summed E-state index contributed by atoms with van der Waals surface area (Å²) in [7, 11) is -3.44. The maximum absolute atomic E-state index is 12.6. The maximum atomic E-state index is 12.6. The third-order valence-electron chi connectivity index (χ3n) is 3.23. The highest BCUT2D eigenvalue weighted by molar-refractivity contribution is 9.11. The van der Waals surface area contributed by atoms with Gasteiger partial charge in [0.15, 0.2) is 0 Å². The monoisotopic (exact) mass is 407 g/mol. The third kappa shape index (κ3) is 3.12. The van der Waals surface area contributed by atoms with Crippen LogP contribution in [0.5, 0.6) is 0 Å². The zero-order valence-electron chi connectivity index (χ0n) is 10.8. The summed E-state index contributed by atoms with van der Waals surface area (Å²) in [6, 6.07) is 3.49. The Morgan fingerprint density at radius 2 is 1.84 bits per heavy atom. The first-order valence-corrected chi connectivity index (χ1v) is 8.96. The lowest BCUT2D eigenvalue weighted by Crippen LogP contribution is -2.34. The SMILES string of the molecule is CC1=CCN(S(=O)(=O)c2cc(Br)c(C)cc2Br)CC1. The molecule has 1 aliphatic rings. The quantitative estimate of drug-likeness (QED) is 0.696. The van der Waals surface area contributed by atoms with Crippen molar-refractivity contribution in [3.8, 4) is 0 Å². The fourth-order valence-electron chi connectivity index (χ4n) is 1.94. The molecule has 19 heavy (non-hydrogen) atoms. The predicted molar refractivity (Wildman–Crippen MR) is 83.7 cm³/mol. The Morgan fingerprint density at radius 1 is 1.16 bits per heavy atom. The zero-order chi connectivity index (χ0) is 14.2. The summed E-state index contributed by atoms with van der Waals surface area (Å²) < 4.78 is 28.2. The molecule has 0 aliphatic carbocycles. The number of sulfonamides is 1. The van der Waals surface area contributed by atoms with Crippen LogP contribution in [0.15, 0.2) is 37.6 Å². The lowest BCUT2D eigenvalue weighted by molar-refractivity contribution is 0.431. The van der Waals surface area contributed by atoms with Gasteiger partial charge in [-0.2, -0.15) is 4.31 Å². The standard InChI is InChI=1S/C13H15Br2NO2S/c1-9-3-5-16(6-4-9)19(17,18)13-8-11(14)10(2)7-12(13)15/h3,7-8H,4-6H2,1-2H3. The molecule has 6 heteroatoms. The van der Waals surface area contributed by atoms with Gasteiger partial charge in [0.25, 0.3) is 0 Å². The Bertz CT molecular complexity index is 638. The molecule has 0 unspecified atom stereocenters. The molecule has 0 saturated heterocycles. The summed E-state index contributed by atoms with van der Waals surface area (Å²) in [6.07, 6.45) is 2.77. The minimum Gasteiger partial charge on any atom is -0.207 e. The van der Waals surface area contributed by atoms with Crippen molar-refractivity contribution in [1.29, 1.82) is 0 Å². The molecule has 0 spiro atoms. The molecule has 1 aromatic rings. The number of hydrogen-bond acceptors (Lipinski definition) is 2. The van der Waals surface area contributed by atoms with Gasteiger partial charge in [-0.15, -0.1) is 0 Å². The molecule has 104 valence electrons. The van der Waals surface area contributed by atoms with Crippen LogP contribution in [0.25, 0.3) is 0 Å². The number of benzene rings is 1. The smallest absolute Gasteiger partial charge is 0.207 e. The van der Waals surface area contributed by atoms with Gasteiger partial charge in [0.05, 0.1) is 4.90 Å². The van der Waals surface area contributed by atoms with E-state index in [-0.39, 0.29) is 0 Å². The summed E-state index contributed by atoms with van der Waals surface area (Å²) in [5.74, 6) is 0. The molecule has 0 bridgehead atoms. The normalized spacial score (nSPS) is 17.4. The van der Waals surface area contributed by atoms with Crippen molar-refractivity contribution in [1.82, 2.24) is 4.31 Å². The van der Waals surface area contributed by atoms with E-state index in [1.54, 1.807) is 6.07 Å². The largest absolute Gasteiger partial charge is 0.244 e. The molecule has 1 aromatic carbocycles. The molecule has 0 N–H and O–H groups in total. The summed E-state index contributed by atoms with van der Waals surface area (Å²) in [5, 5.41) is 0. The van der Waals surface area contributed by atoms with E-state index in [2.05, 4.69) is 31.9 Å². The van der Waals surface area contributed by atoms with Crippen LogP contribution < -0.4 is 0 Å². The van der Waals surface area contributed by atoms with Crippen molar-refractivity contribution in [3.05, 3.63) is 38.3 Å². The Hall–Kier alpha value is -0.170. The average Bonchev–Trinajstić information content (AvgIpc) is 2.34. The van der Waals surface area contributed by atoms with Gasteiger partial charge in [0.1, 0.15) is 0 Å². The first kappa shape index (κ1) is 15.2. The van der Waals surface area contributed by atoms with Crippen LogP contribution in [-0.2, 0) is 10.0 Å². The molecular formula is C13H15Br2NO2S. The van der Waals surface area contributed by atoms with Gasteiger partial charge in [-0.1, -0.05) is 27.6 Å². The summed E-state index contributed by atoms with van der Waals surface area (Å²) in [6.45, 7) is 4.95. The second kappa shape index (κ2) is 5.68. The Morgan fingerprint density at radius 3 is 2.42 bits per heavy atom. The molecule has 2 rings (SSSR count). The van der Waals surface area contributed by atoms with Crippen LogP contribution in [0.1, 0.15) is 18.9 Å². The van der Waals surface area contributed by atoms with Gasteiger partial charge >= 0.3 is 0 Å². The average molecular weight is 409 g/mol. The molecule has 0 amide bonds. The highest BCUT2D eigenvalue weighted by Crippen LogP contribution is 2.31. The van der Waals surface area contributed by atoms with Crippen molar-refractivity contribution >= 4 is 41.9 Å². The maximum Gasteiger partial charge on any atom is 0.244 e. The second-order valence-electron chi connectivity index (χ2n) is 4.70. The van der Waals surface area contributed by atoms with Gasteiger partial charge in [-0.3, -0.25) is 0 Å². The number of halogens is 2. The fraction of sp³-hybridized carbons (Fsp3) is 0.385. The van der Waals surface area contributed by atoms with Crippen molar-refractivity contribution in [2.45, 2.75) is 25.2 Å². The fourth-order valence-corrected chi connectivity index (χ4v) is 4.95. The van der Waals surface area contributed by atoms with Crippen LogP contribution in [-0.4, -0.2) is 25.8 Å². The molecular weight excluding hydrogens is 394 g/mol. The van der Waals surface area contributed by atoms with E-state index in [0.29, 0.717) is 22.5 Å². The Kier molecular flexibility index (Phi) is 4.55. The van der Waals surface area contributed by atoms with Crippen LogP contribution in [0.2, 0.25) is 0 Å². The molecule has 0 radical (unpaired) electrons. The molecule has 1 aliphatic heterocycles. The molecule has 1 heterocycles. The van der Waals surface area contributed by atoms with Crippen molar-refractivity contribution in [2.75, 3.05) is 13.1 Å². The molecule has 0 fully saturated rings. The van der Waals surface area contributed by atoms with Crippen LogP contribution in [0, 0.1) is 6.92 Å². The first-order valence-electron chi connectivity index (χ1n) is 5.94. The molecule has 0 aromatic heterocycles. The highest BCUT2D eigenvalue weighted by atomic mass is 79.9. The van der Waals surface area contributed by atoms with E-state index in [0.717, 1.165) is 16.5 Å². The van der Waals surface area contributed by atoms with E-state index in [9.17, 15) is 8.42 Å². The van der Waals surface area contributed by atoms with Crippen molar-refractivity contribution in [2.24, 2.45) is 0 Å². The third-order valence-corrected chi connectivity index (χ3v) is 6.91. The number of aryl methyl sites for hydroxylation is 1. The van der Waals surface area contributed by atoms with Crippen LogP contribution in [0.4, 0.5) is 0 Å². The summed E-state index contributed by atoms with van der Waals surface area (Å²) >= 11 is 6.74. The second-order valence-corrected chi connectivity index (χ2v) is 8.31. The lowest BCUT2D eigenvalue weighted by atomic mass is 10.1. The first-order chi connectivity index (χ1) is 8.82. The van der Waals surface area contributed by atoms with Gasteiger partial charge in [-0.25, -0.2) is 8.42 Å².